The molecule has 0 spiro atoms. The van der Waals surface area contributed by atoms with Crippen LogP contribution in [0.4, 0.5) is 14.5 Å². The molecule has 0 bridgehead atoms. The summed E-state index contributed by atoms with van der Waals surface area (Å²) < 4.78 is 27.6. The van der Waals surface area contributed by atoms with Crippen LogP contribution >= 0.6 is 0 Å². The fourth-order valence-corrected chi connectivity index (χ4v) is 4.28. The van der Waals surface area contributed by atoms with Gasteiger partial charge >= 0.3 is 0 Å². The monoisotopic (exact) mass is 427 g/mol. The van der Waals surface area contributed by atoms with Crippen molar-refractivity contribution < 1.29 is 18.7 Å². The summed E-state index contributed by atoms with van der Waals surface area (Å²) in [6, 6.07) is 10.7. The first-order valence-corrected chi connectivity index (χ1v) is 10.7. The van der Waals surface area contributed by atoms with Gasteiger partial charge in [-0.25, -0.2) is 8.78 Å². The average Bonchev–Trinajstić information content (AvgIpc) is 2.95. The second-order valence-corrected chi connectivity index (χ2v) is 7.96. The highest BCUT2D eigenvalue weighted by Crippen LogP contribution is 2.35. The third-order valence-corrected chi connectivity index (χ3v) is 5.94. The van der Waals surface area contributed by atoms with Crippen LogP contribution in [0.25, 0.3) is 5.57 Å². The quantitative estimate of drug-likeness (QED) is 0.797. The number of carbonyl (C=O) groups is 1. The molecule has 31 heavy (non-hydrogen) atoms. The number of β-amino-alcohol motifs (C(OH)–C–C–N with tert-alkyl or cyclic N) is 1. The molecule has 2 aliphatic rings. The normalized spacial score (nSPS) is 17.8. The van der Waals surface area contributed by atoms with E-state index in [1.165, 1.54) is 24.3 Å². The number of aliphatic hydroxyl groups excluding tert-OH is 1. The number of carbonyl (C=O) groups excluding carboxylic acids is 1. The van der Waals surface area contributed by atoms with Crippen molar-refractivity contribution in [1.29, 1.82) is 0 Å². The zero-order chi connectivity index (χ0) is 21.8. The van der Waals surface area contributed by atoms with Gasteiger partial charge in [0, 0.05) is 44.8 Å². The van der Waals surface area contributed by atoms with E-state index in [-0.39, 0.29) is 24.9 Å². The van der Waals surface area contributed by atoms with Crippen LogP contribution in [-0.2, 0) is 4.79 Å². The lowest BCUT2D eigenvalue weighted by atomic mass is 9.96. The van der Waals surface area contributed by atoms with Crippen LogP contribution in [0, 0.1) is 11.6 Å². The number of hydrogen-bond donors (Lipinski definition) is 1. The van der Waals surface area contributed by atoms with Gasteiger partial charge in [-0.15, -0.1) is 0 Å². The van der Waals surface area contributed by atoms with E-state index in [0.717, 1.165) is 42.9 Å². The first kappa shape index (κ1) is 21.6. The molecule has 1 amide bonds. The van der Waals surface area contributed by atoms with Crippen LogP contribution in [0.1, 0.15) is 17.5 Å². The molecule has 0 unspecified atom stereocenters. The van der Waals surface area contributed by atoms with E-state index < -0.39 is 5.82 Å². The molecule has 0 aromatic heterocycles. The second-order valence-electron chi connectivity index (χ2n) is 7.96. The second kappa shape index (κ2) is 9.68. The summed E-state index contributed by atoms with van der Waals surface area (Å²) in [5.41, 5.74) is 3.04. The summed E-state index contributed by atoms with van der Waals surface area (Å²) in [5.74, 6) is -0.765. The van der Waals surface area contributed by atoms with Gasteiger partial charge in [0.25, 0.3) is 0 Å². The van der Waals surface area contributed by atoms with Gasteiger partial charge in [0.15, 0.2) is 0 Å². The number of rotatable bonds is 5. The molecule has 1 saturated heterocycles. The summed E-state index contributed by atoms with van der Waals surface area (Å²) >= 11 is 0. The number of aliphatic hydroxyl groups is 1. The topological polar surface area (TPSA) is 47.0 Å². The molecule has 2 aromatic rings. The maximum absolute atomic E-state index is 14.2. The van der Waals surface area contributed by atoms with Crippen LogP contribution in [0.3, 0.4) is 0 Å². The first-order valence-electron chi connectivity index (χ1n) is 10.7. The van der Waals surface area contributed by atoms with E-state index in [2.05, 4.69) is 9.80 Å². The van der Waals surface area contributed by atoms with Crippen molar-refractivity contribution >= 4 is 17.2 Å². The largest absolute Gasteiger partial charge is 0.395 e. The lowest BCUT2D eigenvalue weighted by molar-refractivity contribution is -0.120. The van der Waals surface area contributed by atoms with Crippen LogP contribution in [0.15, 0.2) is 48.5 Å². The average molecular weight is 427 g/mol. The molecule has 7 heteroatoms. The smallest absolute Gasteiger partial charge is 0.241 e. The Bertz CT molecular complexity index is 954. The number of piperazine rings is 1. The third-order valence-electron chi connectivity index (χ3n) is 5.94. The van der Waals surface area contributed by atoms with Gasteiger partial charge < -0.3 is 10.0 Å². The highest BCUT2D eigenvalue weighted by atomic mass is 19.1. The molecule has 0 aliphatic carbocycles. The van der Waals surface area contributed by atoms with E-state index in [1.54, 1.807) is 23.1 Å². The number of amides is 1. The van der Waals surface area contributed by atoms with Crippen LogP contribution in [-0.4, -0.2) is 73.2 Å². The standard InChI is InChI=1S/C24H27F2N3O2/c25-19-5-3-18(4-6-19)21-2-1-9-29(23-16-20(26)7-8-22(21)23)24(31)17-28-12-10-27(11-13-28)14-15-30/h2-8,16,30H,1,9-15,17H2. The summed E-state index contributed by atoms with van der Waals surface area (Å²) in [5, 5.41) is 9.09. The van der Waals surface area contributed by atoms with Gasteiger partial charge in [0.05, 0.1) is 18.8 Å². The van der Waals surface area contributed by atoms with Crippen molar-refractivity contribution in [1.82, 2.24) is 9.80 Å². The molecule has 1 fully saturated rings. The number of benzene rings is 2. The molecule has 4 rings (SSSR count). The van der Waals surface area contributed by atoms with Gasteiger partial charge in [-0.1, -0.05) is 18.2 Å². The minimum absolute atomic E-state index is 0.0591. The Morgan fingerprint density at radius 1 is 0.903 bits per heavy atom. The van der Waals surface area contributed by atoms with Crippen molar-refractivity contribution in [3.63, 3.8) is 0 Å². The van der Waals surface area contributed by atoms with Gasteiger partial charge in [-0.05, 0) is 47.9 Å². The van der Waals surface area contributed by atoms with Gasteiger partial charge in [0.1, 0.15) is 11.6 Å². The fourth-order valence-electron chi connectivity index (χ4n) is 4.28. The Hall–Kier alpha value is -2.61. The number of fused-ring (bicyclic) bond motifs is 1. The molecule has 0 saturated carbocycles. The highest BCUT2D eigenvalue weighted by Gasteiger charge is 2.26. The van der Waals surface area contributed by atoms with Crippen molar-refractivity contribution in [2.24, 2.45) is 0 Å². The predicted molar refractivity (Wildman–Crippen MR) is 117 cm³/mol. The lowest BCUT2D eigenvalue weighted by Crippen LogP contribution is -2.50. The number of hydrogen-bond acceptors (Lipinski definition) is 4. The van der Waals surface area contributed by atoms with Crippen LogP contribution in [0.5, 0.6) is 0 Å². The Balaban J connectivity index is 1.55. The van der Waals surface area contributed by atoms with Crippen molar-refractivity contribution in [3.05, 3.63) is 71.3 Å². The van der Waals surface area contributed by atoms with E-state index in [0.29, 0.717) is 25.2 Å². The van der Waals surface area contributed by atoms with Crippen molar-refractivity contribution in [3.8, 4) is 0 Å². The zero-order valence-corrected chi connectivity index (χ0v) is 17.4. The minimum atomic E-state index is -0.394. The molecule has 5 nitrogen and oxygen atoms in total. The Kier molecular flexibility index (Phi) is 6.75. The minimum Gasteiger partial charge on any atom is -0.395 e. The fraction of sp³-hybridized carbons (Fsp3) is 0.375. The molecule has 2 heterocycles. The first-order chi connectivity index (χ1) is 15.0. The van der Waals surface area contributed by atoms with E-state index in [9.17, 15) is 13.6 Å². The van der Waals surface area contributed by atoms with Crippen molar-refractivity contribution in [2.45, 2.75) is 6.42 Å². The molecule has 2 aromatic carbocycles. The van der Waals surface area contributed by atoms with Crippen LogP contribution < -0.4 is 4.90 Å². The molecule has 0 radical (unpaired) electrons. The van der Waals surface area contributed by atoms with E-state index in [4.69, 9.17) is 5.11 Å². The van der Waals surface area contributed by atoms with E-state index in [1.807, 2.05) is 6.08 Å². The Morgan fingerprint density at radius 3 is 2.29 bits per heavy atom. The predicted octanol–water partition coefficient (Wildman–Crippen LogP) is 2.74. The molecule has 1 N–H and O–H groups in total. The Morgan fingerprint density at radius 2 is 1.58 bits per heavy atom. The number of anilines is 1. The summed E-state index contributed by atoms with van der Waals surface area (Å²) in [6.45, 7) is 4.67. The molecular weight excluding hydrogens is 400 g/mol. The Labute approximate surface area is 181 Å². The van der Waals surface area contributed by atoms with E-state index >= 15 is 0 Å². The SMILES string of the molecule is O=C(CN1CCN(CCO)CC1)N1CCC=C(c2ccc(F)cc2)c2ccc(F)cc21. The number of nitrogens with zero attached hydrogens (tertiary/aromatic N) is 3. The molecule has 2 aliphatic heterocycles. The van der Waals surface area contributed by atoms with Crippen molar-refractivity contribution in [2.75, 3.05) is 57.3 Å². The van der Waals surface area contributed by atoms with Gasteiger partial charge in [-0.3, -0.25) is 14.6 Å². The third kappa shape index (κ3) is 5.01. The highest BCUT2D eigenvalue weighted by molar-refractivity contribution is 6.00. The molecular formula is C24H27F2N3O2. The van der Waals surface area contributed by atoms with Gasteiger partial charge in [-0.2, -0.15) is 0 Å². The molecule has 164 valence electrons. The lowest BCUT2D eigenvalue weighted by Gasteiger charge is -2.35. The summed E-state index contributed by atoms with van der Waals surface area (Å²) in [6.07, 6.45) is 2.66. The zero-order valence-electron chi connectivity index (χ0n) is 17.4. The van der Waals surface area contributed by atoms with Crippen LogP contribution in [0.2, 0.25) is 0 Å². The maximum atomic E-state index is 14.2. The summed E-state index contributed by atoms with van der Waals surface area (Å²) in [7, 11) is 0. The molecule has 0 atom stereocenters. The maximum Gasteiger partial charge on any atom is 0.241 e. The summed E-state index contributed by atoms with van der Waals surface area (Å²) in [4.78, 5) is 19.2. The number of halogens is 2. The van der Waals surface area contributed by atoms with Gasteiger partial charge in [0.2, 0.25) is 5.91 Å².